The van der Waals surface area contributed by atoms with Crippen molar-refractivity contribution in [2.45, 2.75) is 90.4 Å². The van der Waals surface area contributed by atoms with Crippen molar-refractivity contribution in [3.8, 4) is 0 Å². The lowest BCUT2D eigenvalue weighted by Crippen LogP contribution is -2.42. The van der Waals surface area contributed by atoms with Gasteiger partial charge in [-0.05, 0) is 47.0 Å². The minimum Gasteiger partial charge on any atom is -0.460 e. The van der Waals surface area contributed by atoms with Gasteiger partial charge >= 0.3 is 0 Å². The molecule has 2 rings (SSSR count). The van der Waals surface area contributed by atoms with Crippen molar-refractivity contribution in [2.75, 3.05) is 0 Å². The summed E-state index contributed by atoms with van der Waals surface area (Å²) >= 11 is 0. The molecule has 1 aliphatic carbocycles. The van der Waals surface area contributed by atoms with Crippen LogP contribution in [-0.2, 0) is 4.74 Å². The predicted molar refractivity (Wildman–Crippen MR) is 75.9 cm³/mol. The van der Waals surface area contributed by atoms with Crippen LogP contribution in [0.2, 0.25) is 0 Å². The molecule has 0 aromatic heterocycles. The highest BCUT2D eigenvalue weighted by Gasteiger charge is 2.41. The van der Waals surface area contributed by atoms with Crippen molar-refractivity contribution >= 4 is 6.02 Å². The first-order chi connectivity index (χ1) is 8.59. The number of hydrogen-bond acceptors (Lipinski definition) is 2. The Kier molecular flexibility index (Phi) is 4.52. The van der Waals surface area contributed by atoms with E-state index in [0.29, 0.717) is 24.2 Å². The third-order valence-corrected chi connectivity index (χ3v) is 3.93. The smallest absolute Gasteiger partial charge is 0.288 e. The lowest BCUT2D eigenvalue weighted by Gasteiger charge is -2.30. The average Bonchev–Trinajstić information content (AvgIpc) is 2.55. The van der Waals surface area contributed by atoms with Crippen LogP contribution in [0.4, 0.5) is 0 Å². The normalized spacial score (nSPS) is 31.4. The van der Waals surface area contributed by atoms with E-state index in [1.807, 2.05) is 0 Å². The zero-order valence-corrected chi connectivity index (χ0v) is 12.4. The maximum atomic E-state index is 6.16. The van der Waals surface area contributed by atoms with Gasteiger partial charge in [0.1, 0.15) is 6.10 Å². The molecule has 3 nitrogen and oxygen atoms in total. The van der Waals surface area contributed by atoms with Gasteiger partial charge in [-0.3, -0.25) is 0 Å². The summed E-state index contributed by atoms with van der Waals surface area (Å²) in [5.74, 6) is 0. The van der Waals surface area contributed by atoms with Crippen LogP contribution in [0.5, 0.6) is 0 Å². The van der Waals surface area contributed by atoms with Gasteiger partial charge in [0.15, 0.2) is 0 Å². The van der Waals surface area contributed by atoms with Crippen LogP contribution in [0, 0.1) is 0 Å². The molecule has 0 aromatic rings. The fourth-order valence-corrected chi connectivity index (χ4v) is 3.15. The fourth-order valence-electron chi connectivity index (χ4n) is 3.15. The highest BCUT2D eigenvalue weighted by atomic mass is 16.5. The van der Waals surface area contributed by atoms with Gasteiger partial charge in [-0.25, -0.2) is 4.99 Å². The van der Waals surface area contributed by atoms with Crippen molar-refractivity contribution in [1.29, 1.82) is 0 Å². The molecule has 2 unspecified atom stereocenters. The zero-order valence-electron chi connectivity index (χ0n) is 12.4. The number of aliphatic imine (C=N–C) groups is 1. The van der Waals surface area contributed by atoms with Gasteiger partial charge in [-0.15, -0.1) is 0 Å². The Morgan fingerprint density at radius 1 is 1.06 bits per heavy atom. The minimum absolute atomic E-state index is 0.311. The van der Waals surface area contributed by atoms with E-state index in [0.717, 1.165) is 6.02 Å². The average molecular weight is 252 g/mol. The molecule has 18 heavy (non-hydrogen) atoms. The number of hydrogen-bond donors (Lipinski definition) is 0. The third-order valence-electron chi connectivity index (χ3n) is 3.93. The van der Waals surface area contributed by atoms with E-state index in [1.165, 1.54) is 38.5 Å². The molecule has 2 fully saturated rings. The molecule has 0 bridgehead atoms. The van der Waals surface area contributed by atoms with Crippen LogP contribution >= 0.6 is 0 Å². The fraction of sp³-hybridized carbons (Fsp3) is 0.933. The van der Waals surface area contributed by atoms with Crippen LogP contribution < -0.4 is 0 Å². The summed E-state index contributed by atoms with van der Waals surface area (Å²) in [6, 6.07) is 2.25. The summed E-state index contributed by atoms with van der Waals surface area (Å²) in [4.78, 5) is 7.11. The van der Waals surface area contributed by atoms with E-state index in [9.17, 15) is 0 Å². The Hall–Kier alpha value is -0.730. The second-order valence-corrected chi connectivity index (χ2v) is 6.22. The topological polar surface area (TPSA) is 24.8 Å². The first-order valence-corrected chi connectivity index (χ1v) is 7.62. The summed E-state index contributed by atoms with van der Waals surface area (Å²) in [6.45, 7) is 8.74. The van der Waals surface area contributed by atoms with Crippen LogP contribution in [-0.4, -0.2) is 35.2 Å². The summed E-state index contributed by atoms with van der Waals surface area (Å²) in [7, 11) is 0. The summed E-state index contributed by atoms with van der Waals surface area (Å²) in [5, 5.41) is 0. The molecule has 1 saturated carbocycles. The van der Waals surface area contributed by atoms with Crippen molar-refractivity contribution in [3.63, 3.8) is 0 Å². The number of nitrogens with zero attached hydrogens (tertiary/aromatic N) is 2. The van der Waals surface area contributed by atoms with Gasteiger partial charge in [-0.1, -0.05) is 19.3 Å². The maximum Gasteiger partial charge on any atom is 0.288 e. The first kappa shape index (κ1) is 13.7. The number of rotatable bonds is 2. The molecule has 1 aliphatic heterocycles. The zero-order chi connectivity index (χ0) is 13.1. The molecular formula is C15H28N2O. The Morgan fingerprint density at radius 3 is 2.33 bits per heavy atom. The molecule has 1 saturated heterocycles. The van der Waals surface area contributed by atoms with Crippen molar-refractivity contribution in [3.05, 3.63) is 0 Å². The third kappa shape index (κ3) is 2.99. The van der Waals surface area contributed by atoms with Gasteiger partial charge in [0.2, 0.25) is 0 Å². The quantitative estimate of drug-likeness (QED) is 0.750. The Bertz CT molecular complexity index is 299. The molecule has 0 N–H and O–H groups in total. The highest BCUT2D eigenvalue weighted by Crippen LogP contribution is 2.31. The lowest BCUT2D eigenvalue weighted by atomic mass is 9.93. The van der Waals surface area contributed by atoms with Crippen molar-refractivity contribution in [2.24, 2.45) is 4.99 Å². The van der Waals surface area contributed by atoms with E-state index in [1.54, 1.807) is 0 Å². The van der Waals surface area contributed by atoms with Crippen molar-refractivity contribution < 1.29 is 4.74 Å². The van der Waals surface area contributed by atoms with Gasteiger partial charge in [0.05, 0.1) is 6.04 Å². The summed E-state index contributed by atoms with van der Waals surface area (Å²) in [6.07, 6.45) is 8.23. The standard InChI is InChI=1S/C15H28N2O/c1-11(2)16-15-17(12(3)4)13-9-7-5-6-8-10-14(13)18-15/h11-14H,5-10H2,1-4H3/b16-15+. The van der Waals surface area contributed by atoms with Crippen LogP contribution in [0.25, 0.3) is 0 Å². The predicted octanol–water partition coefficient (Wildman–Crippen LogP) is 3.58. The van der Waals surface area contributed by atoms with Crippen LogP contribution in [0.15, 0.2) is 4.99 Å². The van der Waals surface area contributed by atoms with Crippen molar-refractivity contribution in [1.82, 2.24) is 4.90 Å². The van der Waals surface area contributed by atoms with E-state index in [-0.39, 0.29) is 0 Å². The molecular weight excluding hydrogens is 224 g/mol. The Labute approximate surface area is 112 Å². The summed E-state index contributed by atoms with van der Waals surface area (Å²) in [5.41, 5.74) is 0. The maximum absolute atomic E-state index is 6.16. The van der Waals surface area contributed by atoms with Gasteiger partial charge < -0.3 is 9.64 Å². The molecule has 2 aliphatic rings. The van der Waals surface area contributed by atoms with E-state index >= 15 is 0 Å². The van der Waals surface area contributed by atoms with Gasteiger partial charge in [0.25, 0.3) is 6.02 Å². The number of fused-ring (bicyclic) bond motifs is 1. The Morgan fingerprint density at radius 2 is 1.72 bits per heavy atom. The number of ether oxygens (including phenoxy) is 1. The molecule has 0 aromatic carbocycles. The minimum atomic E-state index is 0.311. The Balaban J connectivity index is 2.18. The lowest BCUT2D eigenvalue weighted by molar-refractivity contribution is 0.150. The SMILES string of the molecule is CC(C)/N=C1/OC2CCCCCCC2N1C(C)C. The molecule has 2 atom stereocenters. The molecule has 0 amide bonds. The highest BCUT2D eigenvalue weighted by molar-refractivity contribution is 5.77. The monoisotopic (exact) mass is 252 g/mol. The molecule has 0 spiro atoms. The molecule has 3 heteroatoms. The first-order valence-electron chi connectivity index (χ1n) is 7.62. The van der Waals surface area contributed by atoms with Crippen LogP contribution in [0.3, 0.4) is 0 Å². The van der Waals surface area contributed by atoms with E-state index in [2.05, 4.69) is 37.6 Å². The number of amidine groups is 1. The van der Waals surface area contributed by atoms with Gasteiger partial charge in [-0.2, -0.15) is 0 Å². The molecule has 1 heterocycles. The molecule has 0 radical (unpaired) electrons. The van der Waals surface area contributed by atoms with E-state index in [4.69, 9.17) is 4.74 Å². The molecule has 104 valence electrons. The second kappa shape index (κ2) is 5.94. The van der Waals surface area contributed by atoms with E-state index < -0.39 is 0 Å². The second-order valence-electron chi connectivity index (χ2n) is 6.22. The van der Waals surface area contributed by atoms with Gasteiger partial charge in [0, 0.05) is 12.1 Å². The largest absolute Gasteiger partial charge is 0.460 e. The summed E-state index contributed by atoms with van der Waals surface area (Å²) < 4.78 is 6.16. The van der Waals surface area contributed by atoms with Crippen LogP contribution in [0.1, 0.15) is 66.2 Å².